The minimum Gasteiger partial charge on any atom is -0.482 e. The monoisotopic (exact) mass is 498 g/mol. The van der Waals surface area contributed by atoms with Crippen LogP contribution in [0, 0.1) is 5.82 Å². The van der Waals surface area contributed by atoms with E-state index in [4.69, 9.17) is 4.74 Å². The van der Waals surface area contributed by atoms with Gasteiger partial charge in [0.1, 0.15) is 11.6 Å². The van der Waals surface area contributed by atoms with Gasteiger partial charge in [-0.25, -0.2) is 21.2 Å². The smallest absolute Gasteiger partial charge is 0.422 e. The van der Waals surface area contributed by atoms with Crippen molar-refractivity contribution < 1.29 is 43.9 Å². The molecule has 32 heavy (non-hydrogen) atoms. The lowest BCUT2D eigenvalue weighted by Gasteiger charge is -2.26. The van der Waals surface area contributed by atoms with Gasteiger partial charge >= 0.3 is 6.18 Å². The lowest BCUT2D eigenvalue weighted by Crippen LogP contribution is -2.40. The summed E-state index contributed by atoms with van der Waals surface area (Å²) in [6.45, 7) is -0.917. The Bertz CT molecular complexity index is 1160. The molecule has 1 heterocycles. The fraction of sp³-hybridized carbons (Fsp3) is 0.333. The van der Waals surface area contributed by atoms with Gasteiger partial charge in [0, 0.05) is 19.2 Å². The number of alkyl halides is 3. The van der Waals surface area contributed by atoms with Crippen LogP contribution in [-0.4, -0.2) is 60.2 Å². The summed E-state index contributed by atoms with van der Waals surface area (Å²) in [5, 5.41) is 0. The number of sulfonamides is 2. The van der Waals surface area contributed by atoms with Crippen LogP contribution in [0.2, 0.25) is 0 Å². The van der Waals surface area contributed by atoms with Crippen LogP contribution >= 0.6 is 0 Å². The highest BCUT2D eigenvalue weighted by Crippen LogP contribution is 2.30. The van der Waals surface area contributed by atoms with E-state index in [9.17, 15) is 34.4 Å². The van der Waals surface area contributed by atoms with E-state index >= 15 is 0 Å². The Balaban J connectivity index is 1.82. The Labute approximate surface area is 181 Å². The highest BCUT2D eigenvalue weighted by molar-refractivity contribution is 7.92. The molecule has 1 aliphatic rings. The van der Waals surface area contributed by atoms with Crippen LogP contribution in [0.5, 0.6) is 5.75 Å². The quantitative estimate of drug-likeness (QED) is 0.589. The molecule has 0 aromatic heterocycles. The maximum Gasteiger partial charge on any atom is 0.422 e. The Kier molecular flexibility index (Phi) is 6.97. The highest BCUT2D eigenvalue weighted by Gasteiger charge is 2.30. The van der Waals surface area contributed by atoms with Crippen molar-refractivity contribution in [3.05, 3.63) is 48.3 Å². The van der Waals surface area contributed by atoms with Crippen molar-refractivity contribution in [1.29, 1.82) is 0 Å². The van der Waals surface area contributed by atoms with E-state index in [0.29, 0.717) is 6.07 Å². The first kappa shape index (κ1) is 24.2. The fourth-order valence-electron chi connectivity index (χ4n) is 2.80. The largest absolute Gasteiger partial charge is 0.482 e. The average molecular weight is 498 g/mol. The summed E-state index contributed by atoms with van der Waals surface area (Å²) in [4.78, 5) is -0.525. The number of nitrogens with one attached hydrogen (secondary N) is 1. The van der Waals surface area contributed by atoms with Gasteiger partial charge in [0.15, 0.2) is 6.61 Å². The second-order valence-electron chi connectivity index (χ2n) is 6.64. The summed E-state index contributed by atoms with van der Waals surface area (Å²) >= 11 is 0. The molecule has 0 radical (unpaired) electrons. The van der Waals surface area contributed by atoms with E-state index < -0.39 is 50.1 Å². The van der Waals surface area contributed by atoms with Gasteiger partial charge in [-0.05, 0) is 36.4 Å². The highest BCUT2D eigenvalue weighted by atomic mass is 32.2. The SMILES string of the molecule is O=S(=O)(Nc1cc(F)ccc1OCC(F)(F)F)c1ccc(S(=O)(=O)N2CCOCC2)cc1. The van der Waals surface area contributed by atoms with Crippen molar-refractivity contribution in [3.63, 3.8) is 0 Å². The van der Waals surface area contributed by atoms with Gasteiger partial charge < -0.3 is 9.47 Å². The van der Waals surface area contributed by atoms with Crippen molar-refractivity contribution in [2.75, 3.05) is 37.6 Å². The van der Waals surface area contributed by atoms with E-state index in [1.165, 1.54) is 4.31 Å². The lowest BCUT2D eigenvalue weighted by atomic mass is 10.3. The van der Waals surface area contributed by atoms with E-state index in [2.05, 4.69) is 4.74 Å². The second-order valence-corrected chi connectivity index (χ2v) is 10.3. The number of halogens is 4. The zero-order valence-corrected chi connectivity index (χ0v) is 17.9. The Morgan fingerprint density at radius 1 is 0.969 bits per heavy atom. The number of hydrogen-bond donors (Lipinski definition) is 1. The minimum atomic E-state index is -4.69. The van der Waals surface area contributed by atoms with Crippen molar-refractivity contribution in [2.24, 2.45) is 0 Å². The molecule has 0 spiro atoms. The molecule has 0 amide bonds. The molecule has 2 aromatic rings. The number of rotatable bonds is 7. The van der Waals surface area contributed by atoms with Crippen LogP contribution < -0.4 is 9.46 Å². The molecule has 2 aromatic carbocycles. The molecule has 14 heteroatoms. The maximum atomic E-state index is 13.6. The van der Waals surface area contributed by atoms with Crippen molar-refractivity contribution in [3.8, 4) is 5.75 Å². The normalized spacial score (nSPS) is 16.0. The van der Waals surface area contributed by atoms with Crippen LogP contribution in [0.25, 0.3) is 0 Å². The standard InChI is InChI=1S/C18H18F4N2O6S2/c19-13-1-6-17(30-12-18(20,21)22)16(11-13)23-31(25,26)14-2-4-15(5-3-14)32(27,28)24-7-9-29-10-8-24/h1-6,11,23H,7-10,12H2. The molecule has 1 fully saturated rings. The Morgan fingerprint density at radius 3 is 2.16 bits per heavy atom. The van der Waals surface area contributed by atoms with Gasteiger partial charge in [0.25, 0.3) is 10.0 Å². The first-order chi connectivity index (χ1) is 14.9. The van der Waals surface area contributed by atoms with Gasteiger partial charge in [-0.2, -0.15) is 17.5 Å². The van der Waals surface area contributed by atoms with E-state index in [0.717, 1.165) is 36.4 Å². The van der Waals surface area contributed by atoms with E-state index in [-0.39, 0.29) is 36.1 Å². The zero-order valence-electron chi connectivity index (χ0n) is 16.3. The third-order valence-electron chi connectivity index (χ3n) is 4.32. The van der Waals surface area contributed by atoms with Crippen molar-refractivity contribution in [2.45, 2.75) is 16.0 Å². The molecule has 8 nitrogen and oxygen atoms in total. The summed E-state index contributed by atoms with van der Waals surface area (Å²) < 4.78 is 114. The summed E-state index contributed by atoms with van der Waals surface area (Å²) in [5.41, 5.74) is -0.542. The molecule has 0 saturated carbocycles. The van der Waals surface area contributed by atoms with E-state index in [1.54, 1.807) is 0 Å². The first-order valence-corrected chi connectivity index (χ1v) is 12.0. The molecule has 1 saturated heterocycles. The molecule has 1 N–H and O–H groups in total. The Morgan fingerprint density at radius 2 is 1.56 bits per heavy atom. The molecule has 0 bridgehead atoms. The van der Waals surface area contributed by atoms with Gasteiger partial charge in [0.05, 0.1) is 28.7 Å². The van der Waals surface area contributed by atoms with Crippen molar-refractivity contribution >= 4 is 25.7 Å². The first-order valence-electron chi connectivity index (χ1n) is 9.08. The lowest BCUT2D eigenvalue weighted by molar-refractivity contribution is -0.153. The molecule has 0 aliphatic carbocycles. The van der Waals surface area contributed by atoms with Crippen molar-refractivity contribution in [1.82, 2.24) is 4.31 Å². The molecular weight excluding hydrogens is 480 g/mol. The number of nitrogens with zero attached hydrogens (tertiary/aromatic N) is 1. The number of hydrogen-bond acceptors (Lipinski definition) is 6. The third kappa shape index (κ3) is 5.88. The van der Waals surface area contributed by atoms with Crippen LogP contribution in [0.4, 0.5) is 23.2 Å². The maximum absolute atomic E-state index is 13.6. The summed E-state index contributed by atoms with van der Waals surface area (Å²) in [6, 6.07) is 6.56. The van der Waals surface area contributed by atoms with Crippen LogP contribution in [0.1, 0.15) is 0 Å². The predicted molar refractivity (Wildman–Crippen MR) is 105 cm³/mol. The fourth-order valence-corrected chi connectivity index (χ4v) is 5.27. The minimum absolute atomic E-state index is 0.140. The van der Waals surface area contributed by atoms with Gasteiger partial charge in [-0.3, -0.25) is 4.72 Å². The average Bonchev–Trinajstić information content (AvgIpc) is 2.73. The van der Waals surface area contributed by atoms with Gasteiger partial charge in [0.2, 0.25) is 10.0 Å². The number of ether oxygens (including phenoxy) is 2. The topological polar surface area (TPSA) is 102 Å². The Hall–Kier alpha value is -2.42. The summed E-state index contributed by atoms with van der Waals surface area (Å²) in [5.74, 6) is -1.44. The molecule has 0 unspecified atom stereocenters. The van der Waals surface area contributed by atoms with Gasteiger partial charge in [-0.15, -0.1) is 0 Å². The summed E-state index contributed by atoms with van der Waals surface area (Å²) in [7, 11) is -8.25. The molecule has 3 rings (SSSR count). The summed E-state index contributed by atoms with van der Waals surface area (Å²) in [6.07, 6.45) is -4.69. The van der Waals surface area contributed by atoms with Crippen LogP contribution in [0.3, 0.4) is 0 Å². The number of morpholine rings is 1. The van der Waals surface area contributed by atoms with Crippen LogP contribution in [-0.2, 0) is 24.8 Å². The molecule has 0 atom stereocenters. The second kappa shape index (κ2) is 9.21. The molecular formula is C18H18F4N2O6S2. The third-order valence-corrected chi connectivity index (χ3v) is 7.61. The predicted octanol–water partition coefficient (Wildman–Crippen LogP) is 2.59. The molecule has 1 aliphatic heterocycles. The zero-order chi connectivity index (χ0) is 23.6. The number of anilines is 1. The number of benzene rings is 2. The van der Waals surface area contributed by atoms with E-state index in [1.807, 2.05) is 4.72 Å². The molecule has 176 valence electrons. The van der Waals surface area contributed by atoms with Crippen LogP contribution in [0.15, 0.2) is 52.3 Å². The van der Waals surface area contributed by atoms with Gasteiger partial charge in [-0.1, -0.05) is 0 Å².